The summed E-state index contributed by atoms with van der Waals surface area (Å²) in [5, 5.41) is 14.5. The molecule has 1 fully saturated rings. The Bertz CT molecular complexity index is 644. The fourth-order valence-electron chi connectivity index (χ4n) is 2.84. The highest BCUT2D eigenvalue weighted by Crippen LogP contribution is 2.33. The van der Waals surface area contributed by atoms with Crippen molar-refractivity contribution in [2.75, 3.05) is 18.9 Å². The molecule has 96 valence electrons. The lowest BCUT2D eigenvalue weighted by molar-refractivity contribution is 0.374. The van der Waals surface area contributed by atoms with Crippen molar-refractivity contribution < 1.29 is 0 Å². The fourth-order valence-corrected chi connectivity index (χ4v) is 2.84. The average Bonchev–Trinajstić information content (AvgIpc) is 2.94. The SMILES string of the molecule is CNc1nccc2cc([C@@H]3CCCN3C#N)ccc12. The van der Waals surface area contributed by atoms with Gasteiger partial charge in [0.25, 0.3) is 0 Å². The lowest BCUT2D eigenvalue weighted by Gasteiger charge is -2.19. The van der Waals surface area contributed by atoms with E-state index >= 15 is 0 Å². The van der Waals surface area contributed by atoms with Crippen molar-refractivity contribution in [3.8, 4) is 6.19 Å². The number of rotatable bonds is 2. The number of aromatic nitrogens is 1. The van der Waals surface area contributed by atoms with E-state index in [0.717, 1.165) is 30.6 Å². The molecule has 0 unspecified atom stereocenters. The number of hydrogen-bond donors (Lipinski definition) is 1. The summed E-state index contributed by atoms with van der Waals surface area (Å²) in [5.41, 5.74) is 1.22. The number of anilines is 1. The first-order valence-electron chi connectivity index (χ1n) is 6.56. The number of hydrogen-bond acceptors (Lipinski definition) is 4. The number of nitrogens with one attached hydrogen (secondary N) is 1. The number of nitriles is 1. The van der Waals surface area contributed by atoms with E-state index in [0.29, 0.717) is 0 Å². The molecular formula is C15H16N4. The zero-order chi connectivity index (χ0) is 13.2. The van der Waals surface area contributed by atoms with Gasteiger partial charge in [0.1, 0.15) is 5.82 Å². The molecule has 2 aromatic rings. The molecule has 3 rings (SSSR count). The molecule has 0 amide bonds. The molecule has 0 bridgehead atoms. The van der Waals surface area contributed by atoms with Crippen molar-refractivity contribution in [2.45, 2.75) is 18.9 Å². The molecule has 1 aliphatic heterocycles. The molecule has 1 aliphatic rings. The number of pyridine rings is 1. The van der Waals surface area contributed by atoms with Gasteiger partial charge in [-0.2, -0.15) is 5.26 Å². The Labute approximate surface area is 112 Å². The molecule has 0 aliphatic carbocycles. The Hall–Kier alpha value is -2.28. The van der Waals surface area contributed by atoms with Gasteiger partial charge in [0.15, 0.2) is 6.19 Å². The summed E-state index contributed by atoms with van der Waals surface area (Å²) in [7, 11) is 1.88. The van der Waals surface area contributed by atoms with Crippen LogP contribution in [0, 0.1) is 11.5 Å². The van der Waals surface area contributed by atoms with Crippen molar-refractivity contribution in [2.24, 2.45) is 0 Å². The van der Waals surface area contributed by atoms with Gasteiger partial charge in [-0.15, -0.1) is 0 Å². The van der Waals surface area contributed by atoms with Gasteiger partial charge < -0.3 is 10.2 Å². The normalized spacial score (nSPS) is 18.5. The van der Waals surface area contributed by atoms with E-state index in [1.807, 2.05) is 24.2 Å². The molecule has 4 heteroatoms. The van der Waals surface area contributed by atoms with Crippen LogP contribution in [0.3, 0.4) is 0 Å². The van der Waals surface area contributed by atoms with E-state index in [9.17, 15) is 0 Å². The van der Waals surface area contributed by atoms with Gasteiger partial charge in [0, 0.05) is 25.2 Å². The molecule has 1 aromatic heterocycles. The molecule has 0 radical (unpaired) electrons. The van der Waals surface area contributed by atoms with E-state index in [4.69, 9.17) is 5.26 Å². The first kappa shape index (κ1) is 11.8. The smallest absolute Gasteiger partial charge is 0.179 e. The fraction of sp³-hybridized carbons (Fsp3) is 0.333. The predicted molar refractivity (Wildman–Crippen MR) is 75.6 cm³/mol. The first-order valence-corrected chi connectivity index (χ1v) is 6.56. The number of fused-ring (bicyclic) bond motifs is 1. The van der Waals surface area contributed by atoms with E-state index in [-0.39, 0.29) is 6.04 Å². The third-order valence-electron chi connectivity index (χ3n) is 3.79. The second kappa shape index (κ2) is 4.77. The van der Waals surface area contributed by atoms with Crippen LogP contribution in [-0.2, 0) is 0 Å². The van der Waals surface area contributed by atoms with E-state index in [1.54, 1.807) is 0 Å². The molecule has 19 heavy (non-hydrogen) atoms. The number of benzene rings is 1. The van der Waals surface area contributed by atoms with Gasteiger partial charge in [-0.3, -0.25) is 0 Å². The highest BCUT2D eigenvalue weighted by atomic mass is 15.2. The van der Waals surface area contributed by atoms with Crippen molar-refractivity contribution in [3.05, 3.63) is 36.0 Å². The maximum Gasteiger partial charge on any atom is 0.179 e. The molecule has 4 nitrogen and oxygen atoms in total. The minimum atomic E-state index is 0.237. The topological polar surface area (TPSA) is 52.0 Å². The third kappa shape index (κ3) is 1.97. The standard InChI is InChI=1S/C15H16N4/c1-17-15-13-5-4-12(9-11(13)6-7-18-15)14-3-2-8-19(14)10-16/h4-7,9,14H,2-3,8H2,1H3,(H,17,18)/t14-/m0/s1. The minimum Gasteiger partial charge on any atom is -0.373 e. The van der Waals surface area contributed by atoms with Crippen LogP contribution in [0.4, 0.5) is 5.82 Å². The first-order chi connectivity index (χ1) is 9.33. The van der Waals surface area contributed by atoms with E-state index < -0.39 is 0 Å². The Balaban J connectivity index is 2.05. The Morgan fingerprint density at radius 1 is 1.42 bits per heavy atom. The Morgan fingerprint density at radius 2 is 2.32 bits per heavy atom. The van der Waals surface area contributed by atoms with Crippen molar-refractivity contribution >= 4 is 16.6 Å². The molecule has 0 spiro atoms. The summed E-state index contributed by atoms with van der Waals surface area (Å²) in [6.45, 7) is 0.872. The zero-order valence-electron chi connectivity index (χ0n) is 10.9. The maximum atomic E-state index is 9.15. The average molecular weight is 252 g/mol. The summed E-state index contributed by atoms with van der Waals surface area (Å²) in [6.07, 6.45) is 6.26. The van der Waals surface area contributed by atoms with Gasteiger partial charge in [0.05, 0.1) is 6.04 Å². The largest absolute Gasteiger partial charge is 0.373 e. The summed E-state index contributed by atoms with van der Waals surface area (Å²) in [5.74, 6) is 0.896. The van der Waals surface area contributed by atoms with Crippen LogP contribution in [0.5, 0.6) is 0 Å². The highest BCUT2D eigenvalue weighted by Gasteiger charge is 2.25. The Kier molecular flexibility index (Phi) is 2.96. The summed E-state index contributed by atoms with van der Waals surface area (Å²) < 4.78 is 0. The lowest BCUT2D eigenvalue weighted by atomic mass is 10.0. The van der Waals surface area contributed by atoms with Crippen molar-refractivity contribution in [1.29, 1.82) is 5.26 Å². The van der Waals surface area contributed by atoms with Crippen LogP contribution >= 0.6 is 0 Å². The molecular weight excluding hydrogens is 236 g/mol. The monoisotopic (exact) mass is 252 g/mol. The van der Waals surface area contributed by atoms with Gasteiger partial charge in [-0.1, -0.05) is 12.1 Å². The summed E-state index contributed by atoms with van der Waals surface area (Å²) in [4.78, 5) is 6.19. The van der Waals surface area contributed by atoms with Gasteiger partial charge in [-0.25, -0.2) is 4.98 Å². The summed E-state index contributed by atoms with van der Waals surface area (Å²) in [6, 6.07) is 8.65. The van der Waals surface area contributed by atoms with Crippen LogP contribution in [0.15, 0.2) is 30.5 Å². The molecule has 1 aromatic carbocycles. The zero-order valence-corrected chi connectivity index (χ0v) is 10.9. The minimum absolute atomic E-state index is 0.237. The molecule has 1 saturated heterocycles. The Morgan fingerprint density at radius 3 is 3.11 bits per heavy atom. The quantitative estimate of drug-likeness (QED) is 0.835. The second-order valence-corrected chi connectivity index (χ2v) is 4.84. The van der Waals surface area contributed by atoms with E-state index in [1.165, 1.54) is 10.9 Å². The maximum absolute atomic E-state index is 9.15. The van der Waals surface area contributed by atoms with Gasteiger partial charge in [-0.05, 0) is 35.9 Å². The lowest BCUT2D eigenvalue weighted by Crippen LogP contribution is -2.16. The number of likely N-dealkylation sites (tertiary alicyclic amines) is 1. The predicted octanol–water partition coefficient (Wildman–Crippen LogP) is 2.89. The summed E-state index contributed by atoms with van der Waals surface area (Å²) >= 11 is 0. The van der Waals surface area contributed by atoms with Crippen LogP contribution < -0.4 is 5.32 Å². The van der Waals surface area contributed by atoms with Gasteiger partial charge in [0.2, 0.25) is 0 Å². The molecule has 1 atom stereocenters. The van der Waals surface area contributed by atoms with Crippen LogP contribution in [0.2, 0.25) is 0 Å². The third-order valence-corrected chi connectivity index (χ3v) is 3.79. The van der Waals surface area contributed by atoms with Crippen LogP contribution in [0.25, 0.3) is 10.8 Å². The van der Waals surface area contributed by atoms with E-state index in [2.05, 4.69) is 34.7 Å². The molecule has 2 heterocycles. The number of nitrogens with zero attached hydrogens (tertiary/aromatic N) is 3. The molecule has 1 N–H and O–H groups in total. The van der Waals surface area contributed by atoms with Crippen LogP contribution in [0.1, 0.15) is 24.4 Å². The van der Waals surface area contributed by atoms with Crippen molar-refractivity contribution in [1.82, 2.24) is 9.88 Å². The molecule has 0 saturated carbocycles. The van der Waals surface area contributed by atoms with Crippen molar-refractivity contribution in [3.63, 3.8) is 0 Å². The van der Waals surface area contributed by atoms with Crippen LogP contribution in [-0.4, -0.2) is 23.5 Å². The second-order valence-electron chi connectivity index (χ2n) is 4.84. The van der Waals surface area contributed by atoms with Gasteiger partial charge >= 0.3 is 0 Å². The highest BCUT2D eigenvalue weighted by molar-refractivity contribution is 5.92.